The van der Waals surface area contributed by atoms with Gasteiger partial charge in [0.05, 0.1) is 30.2 Å². The number of hydrogen-bond acceptors (Lipinski definition) is 4. The summed E-state index contributed by atoms with van der Waals surface area (Å²) in [6, 6.07) is 3.72. The summed E-state index contributed by atoms with van der Waals surface area (Å²) in [5.41, 5.74) is 1.57. The number of anilines is 1. The maximum absolute atomic E-state index is 11.5. The number of nitrogens with one attached hydrogen (secondary N) is 1. The van der Waals surface area contributed by atoms with E-state index in [1.165, 1.54) is 0 Å². The molecule has 0 bridgehead atoms. The summed E-state index contributed by atoms with van der Waals surface area (Å²) < 4.78 is 0. The predicted molar refractivity (Wildman–Crippen MR) is 76.1 cm³/mol. The van der Waals surface area contributed by atoms with E-state index in [2.05, 4.69) is 17.2 Å². The third-order valence-electron chi connectivity index (χ3n) is 2.97. The highest BCUT2D eigenvalue weighted by Gasteiger charge is 2.12. The number of pyridine rings is 1. The molecular weight excluding hydrogens is 242 g/mol. The Bertz CT molecular complexity index is 392. The molecule has 0 fully saturated rings. The summed E-state index contributed by atoms with van der Waals surface area (Å²) in [5, 5.41) is 12.3. The fraction of sp³-hybridized carbons (Fsp3) is 0.571. The predicted octanol–water partition coefficient (Wildman–Crippen LogP) is 1.49. The van der Waals surface area contributed by atoms with Gasteiger partial charge in [-0.2, -0.15) is 0 Å². The third kappa shape index (κ3) is 4.52. The van der Waals surface area contributed by atoms with E-state index in [4.69, 9.17) is 0 Å². The van der Waals surface area contributed by atoms with Crippen molar-refractivity contribution in [3.63, 3.8) is 0 Å². The SMILES string of the molecule is CCCN(CC(=O)NC)c1ccc([C@@H](O)CC)nc1. The van der Waals surface area contributed by atoms with E-state index in [-0.39, 0.29) is 5.91 Å². The molecule has 0 aliphatic heterocycles. The van der Waals surface area contributed by atoms with Gasteiger partial charge in [-0.25, -0.2) is 0 Å². The van der Waals surface area contributed by atoms with Crippen LogP contribution in [0.25, 0.3) is 0 Å². The highest BCUT2D eigenvalue weighted by Crippen LogP contribution is 2.18. The van der Waals surface area contributed by atoms with E-state index in [0.29, 0.717) is 18.7 Å². The maximum atomic E-state index is 11.5. The minimum Gasteiger partial charge on any atom is -0.387 e. The smallest absolute Gasteiger partial charge is 0.239 e. The molecule has 1 rings (SSSR count). The van der Waals surface area contributed by atoms with Gasteiger partial charge in [0.25, 0.3) is 0 Å². The molecule has 1 atom stereocenters. The summed E-state index contributed by atoms with van der Waals surface area (Å²) in [6.07, 6.45) is 2.79. The first-order chi connectivity index (χ1) is 9.12. The topological polar surface area (TPSA) is 65.5 Å². The number of aliphatic hydroxyl groups excluding tert-OH is 1. The minimum absolute atomic E-state index is 0.0221. The molecule has 0 unspecified atom stereocenters. The molecule has 5 nitrogen and oxygen atoms in total. The number of rotatable bonds is 7. The molecule has 1 aromatic rings. The van der Waals surface area contributed by atoms with Gasteiger partial charge in [-0.3, -0.25) is 9.78 Å². The molecule has 0 saturated carbocycles. The summed E-state index contributed by atoms with van der Waals surface area (Å²) in [4.78, 5) is 17.7. The Morgan fingerprint density at radius 1 is 1.47 bits per heavy atom. The molecular formula is C14H23N3O2. The fourth-order valence-electron chi connectivity index (χ4n) is 1.81. The number of hydrogen-bond donors (Lipinski definition) is 2. The molecule has 0 aliphatic carbocycles. The average Bonchev–Trinajstić information content (AvgIpc) is 2.46. The number of aliphatic hydroxyl groups is 1. The van der Waals surface area contributed by atoms with Crippen molar-refractivity contribution >= 4 is 11.6 Å². The molecule has 19 heavy (non-hydrogen) atoms. The molecule has 1 heterocycles. The van der Waals surface area contributed by atoms with Crippen molar-refractivity contribution in [2.75, 3.05) is 25.0 Å². The van der Waals surface area contributed by atoms with E-state index >= 15 is 0 Å². The van der Waals surface area contributed by atoms with Gasteiger partial charge in [0.15, 0.2) is 0 Å². The lowest BCUT2D eigenvalue weighted by molar-refractivity contribution is -0.119. The monoisotopic (exact) mass is 265 g/mol. The molecule has 0 aliphatic rings. The Kier molecular flexibility index (Phi) is 6.29. The van der Waals surface area contributed by atoms with Gasteiger partial charge in [-0.1, -0.05) is 13.8 Å². The zero-order chi connectivity index (χ0) is 14.3. The lowest BCUT2D eigenvalue weighted by Crippen LogP contribution is -2.36. The summed E-state index contributed by atoms with van der Waals surface area (Å²) in [5.74, 6) is -0.0221. The van der Waals surface area contributed by atoms with E-state index in [1.54, 1.807) is 13.2 Å². The number of amides is 1. The Hall–Kier alpha value is -1.62. The van der Waals surface area contributed by atoms with Crippen molar-refractivity contribution in [3.8, 4) is 0 Å². The van der Waals surface area contributed by atoms with Gasteiger partial charge in [0.1, 0.15) is 0 Å². The Balaban J connectivity index is 2.81. The summed E-state index contributed by atoms with van der Waals surface area (Å²) in [6.45, 7) is 5.10. The lowest BCUT2D eigenvalue weighted by atomic mass is 10.2. The first-order valence-corrected chi connectivity index (χ1v) is 6.71. The number of nitrogens with zero attached hydrogens (tertiary/aromatic N) is 2. The highest BCUT2D eigenvalue weighted by molar-refractivity contribution is 5.80. The molecule has 1 aromatic heterocycles. The standard InChI is InChI=1S/C14H23N3O2/c1-4-8-17(10-14(19)15-3)11-6-7-12(16-9-11)13(18)5-2/h6-7,9,13,18H,4-5,8,10H2,1-3H3,(H,15,19)/t13-/m0/s1. The Labute approximate surface area is 114 Å². The Morgan fingerprint density at radius 2 is 2.21 bits per heavy atom. The van der Waals surface area contributed by atoms with Gasteiger partial charge >= 0.3 is 0 Å². The quantitative estimate of drug-likeness (QED) is 0.784. The molecule has 0 spiro atoms. The molecule has 1 amide bonds. The van der Waals surface area contributed by atoms with Crippen LogP contribution in [0.5, 0.6) is 0 Å². The van der Waals surface area contributed by atoms with Crippen molar-refractivity contribution < 1.29 is 9.90 Å². The van der Waals surface area contributed by atoms with Crippen LogP contribution in [-0.4, -0.2) is 36.1 Å². The largest absolute Gasteiger partial charge is 0.387 e. The molecule has 0 radical (unpaired) electrons. The van der Waals surface area contributed by atoms with Crippen molar-refractivity contribution in [2.45, 2.75) is 32.8 Å². The molecule has 0 saturated heterocycles. The second-order valence-electron chi connectivity index (χ2n) is 4.46. The molecule has 0 aromatic carbocycles. The first kappa shape index (κ1) is 15.4. The molecule has 106 valence electrons. The van der Waals surface area contributed by atoms with Gasteiger partial charge in [0, 0.05) is 13.6 Å². The van der Waals surface area contributed by atoms with Crippen LogP contribution < -0.4 is 10.2 Å². The highest BCUT2D eigenvalue weighted by atomic mass is 16.3. The third-order valence-corrected chi connectivity index (χ3v) is 2.97. The van der Waals surface area contributed by atoms with Crippen molar-refractivity contribution in [1.29, 1.82) is 0 Å². The van der Waals surface area contributed by atoms with E-state index in [0.717, 1.165) is 18.7 Å². The van der Waals surface area contributed by atoms with Crippen LogP contribution in [0, 0.1) is 0 Å². The van der Waals surface area contributed by atoms with Gasteiger partial charge in [-0.15, -0.1) is 0 Å². The minimum atomic E-state index is -0.521. The maximum Gasteiger partial charge on any atom is 0.239 e. The summed E-state index contributed by atoms with van der Waals surface area (Å²) >= 11 is 0. The average molecular weight is 265 g/mol. The van der Waals surface area contributed by atoms with E-state index in [1.807, 2.05) is 24.0 Å². The van der Waals surface area contributed by atoms with Crippen molar-refractivity contribution in [1.82, 2.24) is 10.3 Å². The normalized spacial score (nSPS) is 12.0. The van der Waals surface area contributed by atoms with Crippen LogP contribution in [-0.2, 0) is 4.79 Å². The van der Waals surface area contributed by atoms with Crippen LogP contribution in [0.3, 0.4) is 0 Å². The van der Waals surface area contributed by atoms with Crippen LogP contribution in [0.15, 0.2) is 18.3 Å². The first-order valence-electron chi connectivity index (χ1n) is 6.71. The van der Waals surface area contributed by atoms with Gasteiger partial charge < -0.3 is 15.3 Å². The second-order valence-corrected chi connectivity index (χ2v) is 4.46. The lowest BCUT2D eigenvalue weighted by Gasteiger charge is -2.23. The van der Waals surface area contributed by atoms with Crippen molar-refractivity contribution in [2.24, 2.45) is 0 Å². The van der Waals surface area contributed by atoms with Crippen LogP contribution in [0.1, 0.15) is 38.5 Å². The van der Waals surface area contributed by atoms with Gasteiger partial charge in [0.2, 0.25) is 5.91 Å². The van der Waals surface area contributed by atoms with Gasteiger partial charge in [-0.05, 0) is 25.0 Å². The fourth-order valence-corrected chi connectivity index (χ4v) is 1.81. The molecule has 2 N–H and O–H groups in total. The zero-order valence-electron chi connectivity index (χ0n) is 11.9. The second kappa shape index (κ2) is 7.74. The van der Waals surface area contributed by atoms with Crippen LogP contribution in [0.2, 0.25) is 0 Å². The number of likely N-dealkylation sites (N-methyl/N-ethyl adjacent to an activating group) is 1. The number of aromatic nitrogens is 1. The van der Waals surface area contributed by atoms with E-state index in [9.17, 15) is 9.90 Å². The Morgan fingerprint density at radius 3 is 2.68 bits per heavy atom. The van der Waals surface area contributed by atoms with Crippen LogP contribution >= 0.6 is 0 Å². The summed E-state index contributed by atoms with van der Waals surface area (Å²) in [7, 11) is 1.63. The van der Waals surface area contributed by atoms with Crippen LogP contribution in [0.4, 0.5) is 5.69 Å². The number of carbonyl (C=O) groups excluding carboxylic acids is 1. The number of carbonyl (C=O) groups is 1. The zero-order valence-corrected chi connectivity index (χ0v) is 11.9. The van der Waals surface area contributed by atoms with Crippen molar-refractivity contribution in [3.05, 3.63) is 24.0 Å². The molecule has 5 heteroatoms. The van der Waals surface area contributed by atoms with E-state index < -0.39 is 6.10 Å².